The van der Waals surface area contributed by atoms with Crippen molar-refractivity contribution in [1.29, 1.82) is 0 Å². The Balaban J connectivity index is 1.70. The number of aliphatic hydroxyl groups is 7. The Hall–Kier alpha value is -0.700. The molecule has 0 aromatic heterocycles. The summed E-state index contributed by atoms with van der Waals surface area (Å²) in [6.07, 6.45) is -15.0. The van der Waals surface area contributed by atoms with Gasteiger partial charge in [0.1, 0.15) is 43.2 Å². The Morgan fingerprint density at radius 2 is 1.81 bits per heavy atom. The Kier molecular flexibility index (Phi) is 9.95. The van der Waals surface area contributed by atoms with Crippen molar-refractivity contribution in [3.63, 3.8) is 0 Å². The van der Waals surface area contributed by atoms with Crippen LogP contribution < -0.4 is 0 Å². The summed E-state index contributed by atoms with van der Waals surface area (Å²) in [5, 5.41) is 82.3. The van der Waals surface area contributed by atoms with E-state index in [0.717, 1.165) is 0 Å². The fourth-order valence-electron chi connectivity index (χ4n) is 4.15. The van der Waals surface area contributed by atoms with Gasteiger partial charge in [0.2, 0.25) is 5.79 Å². The molecular weight excluding hydrogens is 512 g/mol. The molecule has 12 atom stereocenters. The number of aliphatic hydroxyl groups excluding tert-OH is 6. The first-order valence-electron chi connectivity index (χ1n) is 11.3. The zero-order valence-corrected chi connectivity index (χ0v) is 20.3. The Morgan fingerprint density at radius 3 is 2.39 bits per heavy atom. The molecule has 0 spiro atoms. The highest BCUT2D eigenvalue weighted by Crippen LogP contribution is 2.38. The van der Waals surface area contributed by atoms with Gasteiger partial charge in [-0.1, -0.05) is 6.92 Å². The highest BCUT2D eigenvalue weighted by molar-refractivity contribution is 7.80. The number of aliphatic carboxylic acids is 1. The van der Waals surface area contributed by atoms with Gasteiger partial charge >= 0.3 is 5.97 Å². The van der Waals surface area contributed by atoms with Crippen LogP contribution in [0.2, 0.25) is 0 Å². The summed E-state index contributed by atoms with van der Waals surface area (Å²) >= 11 is 3.97. The van der Waals surface area contributed by atoms with Crippen LogP contribution in [0.3, 0.4) is 0 Å². The molecule has 3 rings (SSSR count). The van der Waals surface area contributed by atoms with Gasteiger partial charge in [-0.05, 0) is 0 Å². The minimum absolute atomic E-state index is 0.0773. The van der Waals surface area contributed by atoms with E-state index >= 15 is 0 Å². The van der Waals surface area contributed by atoms with E-state index in [0.29, 0.717) is 5.75 Å². The number of hydrogen-bond acceptors (Lipinski definition) is 15. The van der Waals surface area contributed by atoms with E-state index in [1.165, 1.54) is 0 Å². The molecule has 3 unspecified atom stereocenters. The van der Waals surface area contributed by atoms with Gasteiger partial charge in [-0.25, -0.2) is 4.79 Å². The van der Waals surface area contributed by atoms with Crippen LogP contribution in [0.5, 0.6) is 0 Å². The van der Waals surface area contributed by atoms with E-state index in [-0.39, 0.29) is 13.2 Å². The number of carboxylic acids is 1. The summed E-state index contributed by atoms with van der Waals surface area (Å²) in [5.41, 5.74) is 0. The lowest BCUT2D eigenvalue weighted by atomic mass is 9.93. The molecule has 3 fully saturated rings. The summed E-state index contributed by atoms with van der Waals surface area (Å²) in [5.74, 6) is -7.16. The fraction of sp³-hybridized carbons (Fsp3) is 0.950. The zero-order valence-electron chi connectivity index (χ0n) is 19.4. The molecule has 0 aromatic carbocycles. The summed E-state index contributed by atoms with van der Waals surface area (Å²) in [7, 11) is 0. The van der Waals surface area contributed by atoms with Crippen LogP contribution in [0.25, 0.3) is 0 Å². The number of hydrogen-bond donors (Lipinski definition) is 9. The maximum atomic E-state index is 11.9. The molecular formula is C20H34O15S. The van der Waals surface area contributed by atoms with Crippen LogP contribution in [-0.4, -0.2) is 146 Å². The van der Waals surface area contributed by atoms with Crippen LogP contribution >= 0.6 is 12.6 Å². The molecule has 8 N–H and O–H groups in total. The monoisotopic (exact) mass is 546 g/mol. The van der Waals surface area contributed by atoms with Gasteiger partial charge in [0, 0.05) is 18.1 Å². The summed E-state index contributed by atoms with van der Waals surface area (Å²) in [6.45, 7) is -0.146. The SMILES string of the molecule is C[C@H]1CO[C@@](O[C@]2(O)COC(O[C@@H]3C(CO)OC(OCCS)[C@@H](O)[C@H]3O)[C@@H](O)[C@H]2O)(C(=O)O)C[C@H]1O. The van der Waals surface area contributed by atoms with Gasteiger partial charge in [0.25, 0.3) is 5.79 Å². The van der Waals surface area contributed by atoms with E-state index in [1.54, 1.807) is 6.92 Å². The predicted octanol–water partition coefficient (Wildman–Crippen LogP) is -4.26. The maximum absolute atomic E-state index is 11.9. The molecule has 3 aliphatic rings. The Labute approximate surface area is 211 Å². The molecule has 0 amide bonds. The molecule has 0 radical (unpaired) electrons. The Morgan fingerprint density at radius 1 is 1.11 bits per heavy atom. The average molecular weight is 547 g/mol. The van der Waals surface area contributed by atoms with Crippen LogP contribution in [0.1, 0.15) is 13.3 Å². The van der Waals surface area contributed by atoms with Gasteiger partial charge in [-0.15, -0.1) is 0 Å². The third kappa shape index (κ3) is 5.97. The van der Waals surface area contributed by atoms with Crippen molar-refractivity contribution >= 4 is 18.6 Å². The first kappa shape index (κ1) is 29.9. The maximum Gasteiger partial charge on any atom is 0.364 e. The van der Waals surface area contributed by atoms with Gasteiger partial charge in [-0.2, -0.15) is 12.6 Å². The van der Waals surface area contributed by atoms with Gasteiger partial charge in [0.15, 0.2) is 12.6 Å². The first-order valence-corrected chi connectivity index (χ1v) is 12.0. The zero-order chi connectivity index (χ0) is 26.8. The molecule has 210 valence electrons. The molecule has 16 heteroatoms. The lowest BCUT2D eigenvalue weighted by molar-refractivity contribution is -0.429. The molecule has 3 aliphatic heterocycles. The molecule has 36 heavy (non-hydrogen) atoms. The smallest absolute Gasteiger partial charge is 0.364 e. The van der Waals surface area contributed by atoms with Crippen LogP contribution in [0.15, 0.2) is 0 Å². The summed E-state index contributed by atoms with van der Waals surface area (Å²) in [4.78, 5) is 11.9. The van der Waals surface area contributed by atoms with Crippen molar-refractivity contribution in [3.05, 3.63) is 0 Å². The van der Waals surface area contributed by atoms with E-state index in [4.69, 9.17) is 28.4 Å². The molecule has 0 saturated carbocycles. The minimum Gasteiger partial charge on any atom is -0.477 e. The van der Waals surface area contributed by atoms with E-state index in [2.05, 4.69) is 12.6 Å². The summed E-state index contributed by atoms with van der Waals surface area (Å²) < 4.78 is 31.9. The van der Waals surface area contributed by atoms with E-state index in [9.17, 15) is 45.6 Å². The number of thiol groups is 1. The fourth-order valence-corrected chi connectivity index (χ4v) is 4.26. The molecule has 0 bridgehead atoms. The number of carbonyl (C=O) groups is 1. The average Bonchev–Trinajstić information content (AvgIpc) is 2.84. The second-order valence-corrected chi connectivity index (χ2v) is 9.53. The van der Waals surface area contributed by atoms with E-state index < -0.39 is 98.4 Å². The second-order valence-electron chi connectivity index (χ2n) is 9.08. The van der Waals surface area contributed by atoms with Crippen LogP contribution in [0, 0.1) is 5.92 Å². The van der Waals surface area contributed by atoms with Crippen molar-refractivity contribution in [2.24, 2.45) is 5.92 Å². The van der Waals surface area contributed by atoms with Crippen LogP contribution in [0.4, 0.5) is 0 Å². The van der Waals surface area contributed by atoms with E-state index in [1.807, 2.05) is 0 Å². The third-order valence-electron chi connectivity index (χ3n) is 6.39. The van der Waals surface area contributed by atoms with Crippen LogP contribution in [-0.2, 0) is 33.2 Å². The topological polar surface area (TPSA) is 234 Å². The van der Waals surface area contributed by atoms with Crippen molar-refractivity contribution in [1.82, 2.24) is 0 Å². The second kappa shape index (κ2) is 12.0. The molecule has 0 aliphatic carbocycles. The quantitative estimate of drug-likeness (QED) is 0.0983. The molecule has 3 heterocycles. The molecule has 0 aromatic rings. The van der Waals surface area contributed by atoms with Gasteiger partial charge in [0.05, 0.1) is 25.9 Å². The Bertz CT molecular complexity index is 744. The minimum atomic E-state index is -2.80. The highest BCUT2D eigenvalue weighted by Gasteiger charge is 2.59. The normalized spacial score (nSPS) is 48.0. The lowest BCUT2D eigenvalue weighted by Crippen LogP contribution is -2.69. The largest absolute Gasteiger partial charge is 0.477 e. The first-order chi connectivity index (χ1) is 16.9. The van der Waals surface area contributed by atoms with Crippen molar-refractivity contribution < 1.29 is 74.1 Å². The van der Waals surface area contributed by atoms with Crippen molar-refractivity contribution in [2.75, 3.05) is 32.2 Å². The lowest BCUT2D eigenvalue weighted by Gasteiger charge is -2.49. The molecule has 15 nitrogen and oxygen atoms in total. The number of rotatable bonds is 9. The van der Waals surface area contributed by atoms with Crippen molar-refractivity contribution in [3.8, 4) is 0 Å². The highest BCUT2D eigenvalue weighted by atomic mass is 32.1. The predicted molar refractivity (Wildman–Crippen MR) is 116 cm³/mol. The van der Waals surface area contributed by atoms with Crippen molar-refractivity contribution in [2.45, 2.75) is 80.2 Å². The van der Waals surface area contributed by atoms with Gasteiger partial charge < -0.3 is 69.3 Å². The van der Waals surface area contributed by atoms with Gasteiger partial charge in [-0.3, -0.25) is 0 Å². The molecule has 3 saturated heterocycles. The number of ether oxygens (including phenoxy) is 6. The number of carboxylic acid groups (broad SMARTS) is 1. The standard InChI is InChI=1S/C20H34O15S/c1-8-6-32-20(18(27)28,4-9(8)22)35-19(29)7-31-17(13(25)15(19)26)34-14-10(5-21)33-16(30-2-3-36)12(24)11(14)23/h8-17,21-26,29,36H,2-7H2,1H3,(H,27,28)/t8-,9+,10?,11+,12-,13-,14+,15+,16?,17?,19+,20-/m0/s1. The third-order valence-corrected chi connectivity index (χ3v) is 6.57. The summed E-state index contributed by atoms with van der Waals surface area (Å²) in [6, 6.07) is 0.